The lowest BCUT2D eigenvalue weighted by atomic mass is 9.72. The van der Waals surface area contributed by atoms with Gasteiger partial charge >= 0.3 is 0 Å². The first kappa shape index (κ1) is 9.40. The molecule has 0 bridgehead atoms. The molecule has 0 N–H and O–H groups in total. The molecule has 2 aliphatic rings. The SMILES string of the molecule is CC(C)CSC1(C#N)CC2(CC2)C1. The molecule has 1 nitrogen and oxygen atoms in total. The zero-order valence-electron chi connectivity index (χ0n) is 8.47. The summed E-state index contributed by atoms with van der Waals surface area (Å²) in [6, 6.07) is 2.53. The van der Waals surface area contributed by atoms with Gasteiger partial charge in [-0.1, -0.05) is 13.8 Å². The zero-order chi connectivity index (χ0) is 9.53. The number of thioether (sulfide) groups is 1. The van der Waals surface area contributed by atoms with E-state index in [2.05, 4.69) is 19.9 Å². The van der Waals surface area contributed by atoms with Crippen molar-refractivity contribution in [1.82, 2.24) is 0 Å². The number of hydrogen-bond donors (Lipinski definition) is 0. The van der Waals surface area contributed by atoms with E-state index in [4.69, 9.17) is 5.26 Å². The van der Waals surface area contributed by atoms with Crippen molar-refractivity contribution in [2.45, 2.75) is 44.3 Å². The van der Waals surface area contributed by atoms with Gasteiger partial charge in [0.05, 0.1) is 6.07 Å². The third kappa shape index (κ3) is 1.72. The third-order valence-corrected chi connectivity index (χ3v) is 4.94. The first-order chi connectivity index (χ1) is 6.10. The molecule has 0 aromatic rings. The van der Waals surface area contributed by atoms with Gasteiger partial charge in [0.15, 0.2) is 0 Å². The van der Waals surface area contributed by atoms with E-state index in [0.717, 1.165) is 5.75 Å². The van der Waals surface area contributed by atoms with Gasteiger partial charge in [0.25, 0.3) is 0 Å². The van der Waals surface area contributed by atoms with E-state index >= 15 is 0 Å². The van der Waals surface area contributed by atoms with Crippen LogP contribution in [-0.2, 0) is 0 Å². The van der Waals surface area contributed by atoms with Crippen LogP contribution in [0.15, 0.2) is 0 Å². The molecule has 0 atom stereocenters. The third-order valence-electron chi connectivity index (χ3n) is 3.17. The Kier molecular flexibility index (Phi) is 2.11. The first-order valence-corrected chi connectivity index (χ1v) is 6.14. The zero-order valence-corrected chi connectivity index (χ0v) is 9.28. The summed E-state index contributed by atoms with van der Waals surface area (Å²) in [5.74, 6) is 1.86. The second-order valence-electron chi connectivity index (χ2n) is 5.16. The fourth-order valence-electron chi connectivity index (χ4n) is 2.23. The Bertz CT molecular complexity index is 239. The fraction of sp³-hybridized carbons (Fsp3) is 0.909. The Morgan fingerprint density at radius 1 is 1.38 bits per heavy atom. The summed E-state index contributed by atoms with van der Waals surface area (Å²) in [6.45, 7) is 4.45. The molecule has 2 rings (SSSR count). The van der Waals surface area contributed by atoms with Crippen LogP contribution in [0.4, 0.5) is 0 Å². The molecule has 2 aliphatic carbocycles. The van der Waals surface area contributed by atoms with Crippen LogP contribution in [0.1, 0.15) is 39.5 Å². The maximum absolute atomic E-state index is 9.14. The highest BCUT2D eigenvalue weighted by Gasteiger charge is 2.61. The molecule has 0 aromatic heterocycles. The van der Waals surface area contributed by atoms with Crippen LogP contribution >= 0.6 is 11.8 Å². The molecule has 0 aromatic carbocycles. The van der Waals surface area contributed by atoms with E-state index < -0.39 is 0 Å². The smallest absolute Gasteiger partial charge is 0.103 e. The predicted octanol–water partition coefficient (Wildman–Crippen LogP) is 3.21. The van der Waals surface area contributed by atoms with Crippen LogP contribution < -0.4 is 0 Å². The second kappa shape index (κ2) is 2.92. The average molecular weight is 195 g/mol. The fourth-order valence-corrected chi connectivity index (χ4v) is 3.76. The Morgan fingerprint density at radius 3 is 2.38 bits per heavy atom. The summed E-state index contributed by atoms with van der Waals surface area (Å²) in [7, 11) is 0. The molecule has 0 unspecified atom stereocenters. The minimum Gasteiger partial charge on any atom is -0.197 e. The highest BCUT2D eigenvalue weighted by molar-refractivity contribution is 8.00. The lowest BCUT2D eigenvalue weighted by Gasteiger charge is -2.43. The minimum atomic E-state index is 0.0147. The topological polar surface area (TPSA) is 23.8 Å². The number of nitrogens with zero attached hydrogens (tertiary/aromatic N) is 1. The van der Waals surface area contributed by atoms with Crippen molar-refractivity contribution in [1.29, 1.82) is 5.26 Å². The Labute approximate surface area is 84.9 Å². The van der Waals surface area contributed by atoms with Crippen LogP contribution in [0.5, 0.6) is 0 Å². The summed E-state index contributed by atoms with van der Waals surface area (Å²) in [5.41, 5.74) is 0.652. The van der Waals surface area contributed by atoms with Gasteiger partial charge in [0, 0.05) is 0 Å². The van der Waals surface area contributed by atoms with Crippen molar-refractivity contribution >= 4 is 11.8 Å². The minimum absolute atomic E-state index is 0.0147. The van der Waals surface area contributed by atoms with Crippen molar-refractivity contribution in [3.8, 4) is 6.07 Å². The van der Waals surface area contributed by atoms with Crippen LogP contribution in [0.3, 0.4) is 0 Å². The predicted molar refractivity (Wildman–Crippen MR) is 56.5 cm³/mol. The normalized spacial score (nSPS) is 26.9. The van der Waals surface area contributed by atoms with Gasteiger partial charge < -0.3 is 0 Å². The van der Waals surface area contributed by atoms with E-state index in [9.17, 15) is 0 Å². The van der Waals surface area contributed by atoms with Gasteiger partial charge in [-0.3, -0.25) is 0 Å². The van der Waals surface area contributed by atoms with Gasteiger partial charge in [-0.25, -0.2) is 0 Å². The monoisotopic (exact) mass is 195 g/mol. The molecular formula is C11H17NS. The Hall–Kier alpha value is -0.160. The Balaban J connectivity index is 1.85. The van der Waals surface area contributed by atoms with Gasteiger partial charge in [-0.05, 0) is 42.8 Å². The summed E-state index contributed by atoms with van der Waals surface area (Å²) < 4.78 is 0.0147. The number of rotatable bonds is 3. The summed E-state index contributed by atoms with van der Waals surface area (Å²) >= 11 is 1.90. The standard InChI is InChI=1S/C11H17NS/c1-9(2)5-13-11(8-12)6-10(7-11)3-4-10/h9H,3-7H2,1-2H3. The second-order valence-corrected chi connectivity index (χ2v) is 6.57. The molecule has 0 heterocycles. The van der Waals surface area contributed by atoms with Gasteiger partial charge in [-0.2, -0.15) is 5.26 Å². The van der Waals surface area contributed by atoms with Gasteiger partial charge in [0.1, 0.15) is 4.75 Å². The summed E-state index contributed by atoms with van der Waals surface area (Å²) in [5, 5.41) is 9.14. The lowest BCUT2D eigenvalue weighted by molar-refractivity contribution is 0.250. The molecule has 0 radical (unpaired) electrons. The maximum Gasteiger partial charge on any atom is 0.103 e. The van der Waals surface area contributed by atoms with Crippen molar-refractivity contribution < 1.29 is 0 Å². The maximum atomic E-state index is 9.14. The van der Waals surface area contributed by atoms with E-state index in [0.29, 0.717) is 11.3 Å². The van der Waals surface area contributed by atoms with E-state index in [1.165, 1.54) is 25.7 Å². The number of nitriles is 1. The quantitative estimate of drug-likeness (QED) is 0.690. The van der Waals surface area contributed by atoms with Gasteiger partial charge in [0.2, 0.25) is 0 Å². The first-order valence-electron chi connectivity index (χ1n) is 5.15. The molecule has 2 saturated carbocycles. The largest absolute Gasteiger partial charge is 0.197 e. The average Bonchev–Trinajstić information content (AvgIpc) is 2.77. The molecule has 2 fully saturated rings. The van der Waals surface area contributed by atoms with Crippen LogP contribution in [0.25, 0.3) is 0 Å². The summed E-state index contributed by atoms with van der Waals surface area (Å²) in [6.07, 6.45) is 5.12. The van der Waals surface area contributed by atoms with E-state index in [1.54, 1.807) is 0 Å². The van der Waals surface area contributed by atoms with Crippen molar-refractivity contribution in [2.24, 2.45) is 11.3 Å². The van der Waals surface area contributed by atoms with E-state index in [1.807, 2.05) is 11.8 Å². The van der Waals surface area contributed by atoms with Crippen molar-refractivity contribution in [3.63, 3.8) is 0 Å². The van der Waals surface area contributed by atoms with Crippen molar-refractivity contribution in [3.05, 3.63) is 0 Å². The Morgan fingerprint density at radius 2 is 2.00 bits per heavy atom. The highest BCUT2D eigenvalue weighted by Crippen LogP contribution is 2.68. The molecule has 0 amide bonds. The number of hydrogen-bond acceptors (Lipinski definition) is 2. The van der Waals surface area contributed by atoms with Crippen LogP contribution in [-0.4, -0.2) is 10.5 Å². The van der Waals surface area contributed by atoms with Crippen LogP contribution in [0.2, 0.25) is 0 Å². The van der Waals surface area contributed by atoms with Gasteiger partial charge in [-0.15, -0.1) is 11.8 Å². The van der Waals surface area contributed by atoms with Crippen molar-refractivity contribution in [2.75, 3.05) is 5.75 Å². The molecule has 72 valence electrons. The lowest BCUT2D eigenvalue weighted by Crippen LogP contribution is -2.41. The molecule has 0 saturated heterocycles. The molecule has 13 heavy (non-hydrogen) atoms. The van der Waals surface area contributed by atoms with E-state index in [-0.39, 0.29) is 4.75 Å². The molecule has 2 heteroatoms. The molecule has 0 aliphatic heterocycles. The van der Waals surface area contributed by atoms with Crippen LogP contribution in [0, 0.1) is 22.7 Å². The highest BCUT2D eigenvalue weighted by atomic mass is 32.2. The molecular weight excluding hydrogens is 178 g/mol. The summed E-state index contributed by atoms with van der Waals surface area (Å²) in [4.78, 5) is 0. The molecule has 1 spiro atoms.